The Hall–Kier alpha value is -2.34. The van der Waals surface area contributed by atoms with E-state index in [4.69, 9.17) is 0 Å². The predicted octanol–water partition coefficient (Wildman–Crippen LogP) is 12.2. The van der Waals surface area contributed by atoms with Crippen LogP contribution in [-0.2, 0) is 5.41 Å². The number of rotatable bonds is 8. The summed E-state index contributed by atoms with van der Waals surface area (Å²) in [5.74, 6) is 0. The van der Waals surface area contributed by atoms with Crippen LogP contribution in [0.5, 0.6) is 0 Å². The number of unbranched alkanes of at least 4 members (excludes halogenated alkanes) is 1. The van der Waals surface area contributed by atoms with Gasteiger partial charge in [0.25, 0.3) is 0 Å². The Bertz CT molecular complexity index is 816. The van der Waals surface area contributed by atoms with E-state index in [2.05, 4.69) is 95.0 Å². The fraction of sp³-hybridized carbons (Fsp3) is 0.486. The van der Waals surface area contributed by atoms with Crippen molar-refractivity contribution in [2.45, 2.75) is 113 Å². The predicted molar refractivity (Wildman–Crippen MR) is 165 cm³/mol. The topological polar surface area (TPSA) is 0 Å². The molecular weight excluding hydrogens is 420 g/mol. The van der Waals surface area contributed by atoms with E-state index in [1.165, 1.54) is 60.8 Å². The molecule has 0 atom stereocenters. The molecule has 0 aromatic heterocycles. The second-order valence-corrected chi connectivity index (χ2v) is 8.19. The molecule has 0 radical (unpaired) electrons. The second-order valence-electron chi connectivity index (χ2n) is 8.19. The molecule has 0 N–H and O–H groups in total. The van der Waals surface area contributed by atoms with E-state index < -0.39 is 0 Å². The van der Waals surface area contributed by atoms with Gasteiger partial charge in [-0.3, -0.25) is 0 Å². The second kappa shape index (κ2) is 22.1. The van der Waals surface area contributed by atoms with Crippen LogP contribution in [0.4, 0.5) is 0 Å². The Kier molecular flexibility index (Phi) is 22.0. The quantitative estimate of drug-likeness (QED) is 0.332. The molecule has 0 heteroatoms. The molecule has 196 valence electrons. The summed E-state index contributed by atoms with van der Waals surface area (Å²) in [5.41, 5.74) is 7.29. The van der Waals surface area contributed by atoms with Crippen molar-refractivity contribution in [3.05, 3.63) is 90.5 Å². The molecule has 1 saturated carbocycles. The van der Waals surface area contributed by atoms with Gasteiger partial charge in [-0.2, -0.15) is 0 Å². The van der Waals surface area contributed by atoms with Gasteiger partial charge in [0.15, 0.2) is 0 Å². The van der Waals surface area contributed by atoms with Crippen LogP contribution < -0.4 is 0 Å². The molecule has 0 saturated heterocycles. The summed E-state index contributed by atoms with van der Waals surface area (Å²) < 4.78 is 0. The molecule has 0 aliphatic heterocycles. The van der Waals surface area contributed by atoms with E-state index in [1.807, 2.05) is 53.7 Å². The first kappa shape index (κ1) is 34.8. The van der Waals surface area contributed by atoms with Gasteiger partial charge < -0.3 is 0 Å². The van der Waals surface area contributed by atoms with E-state index in [-0.39, 0.29) is 0 Å². The van der Waals surface area contributed by atoms with Crippen LogP contribution in [0.2, 0.25) is 0 Å². The molecule has 1 aliphatic rings. The van der Waals surface area contributed by atoms with Gasteiger partial charge in [-0.1, -0.05) is 155 Å². The third-order valence-corrected chi connectivity index (χ3v) is 5.58. The first-order valence-corrected chi connectivity index (χ1v) is 14.3. The maximum absolute atomic E-state index is 3.77. The maximum Gasteiger partial charge on any atom is -0.00403 e. The molecule has 2 aromatic carbocycles. The minimum Gasteiger partial charge on any atom is -0.0991 e. The molecule has 0 amide bonds. The number of hydrogen-bond donors (Lipinski definition) is 0. The lowest BCUT2D eigenvalue weighted by Crippen LogP contribution is -2.09. The van der Waals surface area contributed by atoms with Crippen LogP contribution in [0, 0.1) is 0 Å². The lowest BCUT2D eigenvalue weighted by molar-refractivity contribution is 0.574. The average Bonchev–Trinajstić information content (AvgIpc) is 3.72. The molecule has 1 fully saturated rings. The Morgan fingerprint density at radius 2 is 1.40 bits per heavy atom. The van der Waals surface area contributed by atoms with Crippen molar-refractivity contribution in [3.8, 4) is 11.1 Å². The van der Waals surface area contributed by atoms with Gasteiger partial charge >= 0.3 is 0 Å². The molecule has 1 aliphatic carbocycles. The van der Waals surface area contributed by atoms with Crippen molar-refractivity contribution in [1.82, 2.24) is 0 Å². The molecule has 0 nitrogen and oxygen atoms in total. The summed E-state index contributed by atoms with van der Waals surface area (Å²) in [6.45, 7) is 24.5. The molecule has 35 heavy (non-hydrogen) atoms. The molecule has 2 aromatic rings. The number of benzene rings is 2. The van der Waals surface area contributed by atoms with Crippen LogP contribution >= 0.6 is 0 Å². The Balaban J connectivity index is 0. The summed E-state index contributed by atoms with van der Waals surface area (Å²) in [5, 5.41) is 0. The highest BCUT2D eigenvalue weighted by atomic mass is 14.5. The molecule has 3 rings (SSSR count). The zero-order valence-corrected chi connectivity index (χ0v) is 24.9. The number of hydrogen-bond acceptors (Lipinski definition) is 0. The van der Waals surface area contributed by atoms with Gasteiger partial charge in [-0.15, -0.1) is 0 Å². The molecular formula is C35H56. The van der Waals surface area contributed by atoms with Gasteiger partial charge in [0, 0.05) is 0 Å². The van der Waals surface area contributed by atoms with Crippen LogP contribution in [0.1, 0.15) is 119 Å². The fourth-order valence-corrected chi connectivity index (χ4v) is 3.83. The maximum atomic E-state index is 3.77. The summed E-state index contributed by atoms with van der Waals surface area (Å²) in [6, 6.07) is 17.8. The van der Waals surface area contributed by atoms with Crippen LogP contribution in [0.3, 0.4) is 0 Å². The summed E-state index contributed by atoms with van der Waals surface area (Å²) >= 11 is 0. The third-order valence-electron chi connectivity index (χ3n) is 5.58. The summed E-state index contributed by atoms with van der Waals surface area (Å²) in [7, 11) is 0. The van der Waals surface area contributed by atoms with Gasteiger partial charge in [-0.05, 0) is 65.5 Å². The Morgan fingerprint density at radius 1 is 0.829 bits per heavy atom. The molecule has 0 spiro atoms. The van der Waals surface area contributed by atoms with Crippen LogP contribution in [0.25, 0.3) is 16.7 Å². The van der Waals surface area contributed by atoms with Gasteiger partial charge in [0.1, 0.15) is 0 Å². The minimum atomic E-state index is 0.414. The van der Waals surface area contributed by atoms with E-state index in [0.717, 1.165) is 0 Å². The van der Waals surface area contributed by atoms with Crippen LogP contribution in [0.15, 0.2) is 79.4 Å². The van der Waals surface area contributed by atoms with Crippen molar-refractivity contribution in [2.75, 3.05) is 0 Å². The Labute approximate surface area is 220 Å². The van der Waals surface area contributed by atoms with Gasteiger partial charge in [0.05, 0.1) is 0 Å². The zero-order chi connectivity index (χ0) is 27.1. The van der Waals surface area contributed by atoms with E-state index in [9.17, 15) is 0 Å². The summed E-state index contributed by atoms with van der Waals surface area (Å²) in [6.07, 6.45) is 16.0. The van der Waals surface area contributed by atoms with Crippen molar-refractivity contribution < 1.29 is 0 Å². The van der Waals surface area contributed by atoms with E-state index in [1.54, 1.807) is 5.56 Å². The smallest absolute Gasteiger partial charge is 0.00403 e. The first-order chi connectivity index (χ1) is 17.1. The lowest BCUT2D eigenvalue weighted by Gasteiger charge is -2.21. The SMILES string of the molecule is C=C/C=C\C=C(/C)c1cc(-c2ccccc2)ccc1C1(CCCC)CC1.CC.CC.CC.CCC. The zero-order valence-electron chi connectivity index (χ0n) is 24.9. The highest BCUT2D eigenvalue weighted by Crippen LogP contribution is 2.54. The van der Waals surface area contributed by atoms with E-state index in [0.29, 0.717) is 5.41 Å². The Morgan fingerprint density at radius 3 is 1.89 bits per heavy atom. The van der Waals surface area contributed by atoms with Crippen molar-refractivity contribution in [1.29, 1.82) is 0 Å². The largest absolute Gasteiger partial charge is 0.0991 e. The lowest BCUT2D eigenvalue weighted by atomic mass is 9.83. The van der Waals surface area contributed by atoms with Gasteiger partial charge in [0.2, 0.25) is 0 Å². The summed E-state index contributed by atoms with van der Waals surface area (Å²) in [4.78, 5) is 0. The standard InChI is InChI=1S/C26H30.C3H8.3C2H6/c1-4-6-9-12-21(3)24-20-23(22-13-10-8-11-14-22)15-16-25(24)26(18-19-26)17-7-5-2;1-3-2;3*1-2/h4,6,8-16,20H,1,5,7,17-19H2,2-3H3;3H2,1-2H3;3*1-2H3/b9-6-,21-12+;;;;. The highest BCUT2D eigenvalue weighted by molar-refractivity contribution is 5.76. The molecule has 0 bridgehead atoms. The molecule has 0 unspecified atom stereocenters. The highest BCUT2D eigenvalue weighted by Gasteiger charge is 2.44. The third kappa shape index (κ3) is 12.3. The minimum absolute atomic E-state index is 0.414. The molecule has 0 heterocycles. The first-order valence-electron chi connectivity index (χ1n) is 14.3. The van der Waals surface area contributed by atoms with E-state index >= 15 is 0 Å². The van der Waals surface area contributed by atoms with Gasteiger partial charge in [-0.25, -0.2) is 0 Å². The monoisotopic (exact) mass is 476 g/mol. The van der Waals surface area contributed by atoms with Crippen molar-refractivity contribution in [3.63, 3.8) is 0 Å². The normalized spacial score (nSPS) is 12.9. The van der Waals surface area contributed by atoms with Crippen molar-refractivity contribution in [2.24, 2.45) is 0 Å². The van der Waals surface area contributed by atoms with Crippen LogP contribution in [-0.4, -0.2) is 0 Å². The number of allylic oxidation sites excluding steroid dienone is 5. The fourth-order valence-electron chi connectivity index (χ4n) is 3.83. The average molecular weight is 477 g/mol. The van der Waals surface area contributed by atoms with Crippen molar-refractivity contribution >= 4 is 5.57 Å².